The van der Waals surface area contributed by atoms with Crippen molar-refractivity contribution in [3.63, 3.8) is 0 Å². The minimum absolute atomic E-state index is 0.0176. The van der Waals surface area contributed by atoms with E-state index in [1.54, 1.807) is 11.3 Å². The molecule has 2 fully saturated rings. The number of thiophene rings is 1. The molecule has 1 aromatic heterocycles. The van der Waals surface area contributed by atoms with Gasteiger partial charge in [-0.15, -0.1) is 11.3 Å². The normalized spacial score (nSPS) is 15.2. The molecule has 56 heavy (non-hydrogen) atoms. The first kappa shape index (κ1) is 42.6. The van der Waals surface area contributed by atoms with Crippen LogP contribution in [0.2, 0.25) is 0 Å². The van der Waals surface area contributed by atoms with Crippen LogP contribution in [-0.4, -0.2) is 78.2 Å². The van der Waals surface area contributed by atoms with Crippen molar-refractivity contribution in [3.05, 3.63) is 118 Å². The van der Waals surface area contributed by atoms with Gasteiger partial charge in [-0.1, -0.05) is 86.0 Å². The molecular formula is C44H52F3N3O5S. The van der Waals surface area contributed by atoms with Gasteiger partial charge in [-0.2, -0.15) is 13.2 Å². The number of piperidine rings is 2. The molecule has 2 aliphatic rings. The molecule has 2 aliphatic heterocycles. The molecule has 0 spiro atoms. The molecule has 12 heteroatoms. The highest BCUT2D eigenvalue weighted by Gasteiger charge is 2.38. The Morgan fingerprint density at radius 3 is 2.12 bits per heavy atom. The molecule has 0 radical (unpaired) electrons. The fourth-order valence-electron chi connectivity index (χ4n) is 7.29. The molecule has 0 saturated carbocycles. The minimum Gasteiger partial charge on any atom is -0.475 e. The molecule has 0 bridgehead atoms. The van der Waals surface area contributed by atoms with Crippen LogP contribution in [0.1, 0.15) is 71.3 Å². The standard InChI is InChI=1S/C42H51N3O3S.C2HF3O2/c46-41(32-48-31-35-8-2-1-3-9-35)45(26-21-40-16-7-27-49-40)30-36-12-5-13-37(28-36)38-14-6-15-39(29-38)42(47)44-24-19-34(20-25-44)11-4-10-33-17-22-43-23-18-33;3-2(4,5)1(6)7/h1-3,5-9,12-16,27-29,33-34,43H,4,10-11,17-26,30-32H2;(H,6,7). The minimum atomic E-state index is -5.08. The topological polar surface area (TPSA) is 99.2 Å². The Hall–Kier alpha value is -4.52. The van der Waals surface area contributed by atoms with E-state index in [1.807, 2.05) is 59.5 Å². The Balaban J connectivity index is 0.000000784. The average Bonchev–Trinajstić information content (AvgIpc) is 3.74. The number of rotatable bonds is 15. The van der Waals surface area contributed by atoms with Gasteiger partial charge in [0.25, 0.3) is 5.91 Å². The second kappa shape index (κ2) is 21.7. The van der Waals surface area contributed by atoms with Crippen LogP contribution in [0.15, 0.2) is 96.4 Å². The molecule has 4 aromatic rings. The third-order valence-corrected chi connectivity index (χ3v) is 11.4. The molecule has 2 amide bonds. The van der Waals surface area contributed by atoms with E-state index in [0.717, 1.165) is 72.0 Å². The zero-order valence-electron chi connectivity index (χ0n) is 31.7. The van der Waals surface area contributed by atoms with Crippen LogP contribution in [0.25, 0.3) is 11.1 Å². The number of aliphatic carboxylic acids is 1. The Morgan fingerprint density at radius 1 is 0.821 bits per heavy atom. The molecule has 3 heterocycles. The van der Waals surface area contributed by atoms with Gasteiger partial charge >= 0.3 is 12.1 Å². The summed E-state index contributed by atoms with van der Waals surface area (Å²) in [6.07, 6.45) is 4.59. The van der Waals surface area contributed by atoms with Crippen LogP contribution in [0, 0.1) is 11.8 Å². The molecule has 0 unspecified atom stereocenters. The molecule has 0 atom stereocenters. The van der Waals surface area contributed by atoms with E-state index in [-0.39, 0.29) is 18.4 Å². The third-order valence-electron chi connectivity index (χ3n) is 10.5. The first-order valence-electron chi connectivity index (χ1n) is 19.5. The number of carboxylic acid groups (broad SMARTS) is 1. The maximum absolute atomic E-state index is 13.6. The van der Waals surface area contributed by atoms with E-state index in [0.29, 0.717) is 19.7 Å². The lowest BCUT2D eigenvalue weighted by Crippen LogP contribution is -2.38. The summed E-state index contributed by atoms with van der Waals surface area (Å²) >= 11 is 1.72. The zero-order chi connectivity index (χ0) is 39.8. The number of alkyl halides is 3. The van der Waals surface area contributed by atoms with Gasteiger partial charge in [-0.05, 0) is 109 Å². The Labute approximate surface area is 331 Å². The Morgan fingerprint density at radius 2 is 1.46 bits per heavy atom. The Bertz CT molecular complexity index is 1810. The van der Waals surface area contributed by atoms with Gasteiger partial charge in [-0.25, -0.2) is 4.79 Å². The predicted molar refractivity (Wildman–Crippen MR) is 213 cm³/mol. The number of carbonyl (C=O) groups excluding carboxylic acids is 2. The highest BCUT2D eigenvalue weighted by Crippen LogP contribution is 2.28. The summed E-state index contributed by atoms with van der Waals surface area (Å²) in [4.78, 5) is 41.1. The first-order valence-corrected chi connectivity index (χ1v) is 20.3. The number of amides is 2. The maximum Gasteiger partial charge on any atom is 0.490 e. The van der Waals surface area contributed by atoms with E-state index >= 15 is 0 Å². The van der Waals surface area contributed by atoms with Crippen molar-refractivity contribution < 1.29 is 37.4 Å². The first-order chi connectivity index (χ1) is 27.0. The summed E-state index contributed by atoms with van der Waals surface area (Å²) in [6, 6.07) is 30.5. The van der Waals surface area contributed by atoms with Gasteiger partial charge in [0, 0.05) is 36.6 Å². The number of hydrogen-bond donors (Lipinski definition) is 2. The fraction of sp³-hybridized carbons (Fsp3) is 0.432. The molecule has 8 nitrogen and oxygen atoms in total. The van der Waals surface area contributed by atoms with Gasteiger partial charge in [-0.3, -0.25) is 9.59 Å². The smallest absolute Gasteiger partial charge is 0.475 e. The van der Waals surface area contributed by atoms with Gasteiger partial charge in [0.2, 0.25) is 5.91 Å². The summed E-state index contributed by atoms with van der Waals surface area (Å²) in [6.45, 7) is 5.63. The van der Waals surface area contributed by atoms with Crippen molar-refractivity contribution in [2.24, 2.45) is 11.8 Å². The molecular weight excluding hydrogens is 740 g/mol. The van der Waals surface area contributed by atoms with Crippen LogP contribution in [-0.2, 0) is 33.9 Å². The lowest BCUT2D eigenvalue weighted by Gasteiger charge is -2.32. The van der Waals surface area contributed by atoms with E-state index < -0.39 is 12.1 Å². The van der Waals surface area contributed by atoms with Gasteiger partial charge in [0.15, 0.2) is 0 Å². The highest BCUT2D eigenvalue weighted by atomic mass is 32.1. The predicted octanol–water partition coefficient (Wildman–Crippen LogP) is 8.86. The fourth-order valence-corrected chi connectivity index (χ4v) is 7.99. The number of ether oxygens (including phenoxy) is 1. The third kappa shape index (κ3) is 13.9. The number of nitrogens with zero attached hydrogens (tertiary/aromatic N) is 2. The van der Waals surface area contributed by atoms with Crippen LogP contribution in [0.5, 0.6) is 0 Å². The molecule has 2 N–H and O–H groups in total. The summed E-state index contributed by atoms with van der Waals surface area (Å²) in [5.41, 5.74) is 4.92. The summed E-state index contributed by atoms with van der Waals surface area (Å²) in [5.74, 6) is -0.999. The molecule has 6 rings (SSSR count). The van der Waals surface area contributed by atoms with Crippen molar-refractivity contribution in [3.8, 4) is 11.1 Å². The van der Waals surface area contributed by atoms with Crippen LogP contribution < -0.4 is 5.32 Å². The summed E-state index contributed by atoms with van der Waals surface area (Å²) in [5, 5.41) is 12.7. The maximum atomic E-state index is 13.6. The van der Waals surface area contributed by atoms with Gasteiger partial charge in [0.05, 0.1) is 6.61 Å². The van der Waals surface area contributed by atoms with Crippen LogP contribution >= 0.6 is 11.3 Å². The zero-order valence-corrected chi connectivity index (χ0v) is 32.5. The number of nitrogens with one attached hydrogen (secondary N) is 1. The number of carboxylic acids is 1. The molecule has 2 saturated heterocycles. The van der Waals surface area contributed by atoms with Gasteiger partial charge < -0.3 is 25.0 Å². The monoisotopic (exact) mass is 791 g/mol. The summed E-state index contributed by atoms with van der Waals surface area (Å²) < 4.78 is 37.6. The number of likely N-dealkylation sites (tertiary alicyclic amines) is 1. The summed E-state index contributed by atoms with van der Waals surface area (Å²) in [7, 11) is 0. The Kier molecular flexibility index (Phi) is 16.5. The van der Waals surface area contributed by atoms with Crippen molar-refractivity contribution in [1.29, 1.82) is 0 Å². The highest BCUT2D eigenvalue weighted by molar-refractivity contribution is 7.09. The van der Waals surface area contributed by atoms with Crippen molar-refractivity contribution >= 4 is 29.1 Å². The van der Waals surface area contributed by atoms with Crippen LogP contribution in [0.3, 0.4) is 0 Å². The SMILES string of the molecule is O=C(COCc1ccccc1)N(CCc1cccs1)Cc1cccc(-c2cccc(C(=O)N3CCC(CCCC4CCNCC4)CC3)c2)c1.O=C(O)C(F)(F)F. The van der Waals surface area contributed by atoms with E-state index in [2.05, 4.69) is 52.0 Å². The number of halogens is 3. The van der Waals surface area contributed by atoms with E-state index in [4.69, 9.17) is 14.6 Å². The van der Waals surface area contributed by atoms with E-state index in [1.165, 1.54) is 50.1 Å². The number of hydrogen-bond acceptors (Lipinski definition) is 6. The number of benzene rings is 3. The molecule has 300 valence electrons. The largest absolute Gasteiger partial charge is 0.490 e. The molecule has 3 aromatic carbocycles. The quantitative estimate of drug-likeness (QED) is 0.125. The van der Waals surface area contributed by atoms with Crippen molar-refractivity contribution in [1.82, 2.24) is 15.1 Å². The second-order valence-corrected chi connectivity index (χ2v) is 15.6. The number of carbonyl (C=O) groups is 3. The van der Waals surface area contributed by atoms with E-state index in [9.17, 15) is 22.8 Å². The molecule has 0 aliphatic carbocycles. The van der Waals surface area contributed by atoms with Crippen molar-refractivity contribution in [2.45, 2.75) is 70.7 Å². The van der Waals surface area contributed by atoms with Crippen molar-refractivity contribution in [2.75, 3.05) is 39.3 Å². The lowest BCUT2D eigenvalue weighted by molar-refractivity contribution is -0.192. The lowest BCUT2D eigenvalue weighted by atomic mass is 9.87. The van der Waals surface area contributed by atoms with Crippen LogP contribution in [0.4, 0.5) is 13.2 Å². The average molecular weight is 792 g/mol. The second-order valence-electron chi connectivity index (χ2n) is 14.6. The van der Waals surface area contributed by atoms with Gasteiger partial charge in [0.1, 0.15) is 6.61 Å².